The van der Waals surface area contributed by atoms with Gasteiger partial charge in [-0.05, 0) is 0 Å². The fourth-order valence-corrected chi connectivity index (χ4v) is 0.189. The molecule has 6 nitrogen and oxygen atoms in total. The first-order valence-electron chi connectivity index (χ1n) is 2.39. The first-order chi connectivity index (χ1) is 5.95. The monoisotopic (exact) mass is 350 g/mol. The number of carbonyl (C=O) groups excluding carboxylic acids is 1. The molecule has 2 N–H and O–H groups in total. The molecule has 0 rings (SSSR count). The Hall–Kier alpha value is 1.41. The molecule has 0 saturated heterocycles. The number of hydrogen-bond donors (Lipinski definition) is 2. The number of hydrogen-bond acceptors (Lipinski definition) is 4. The molecule has 0 aromatic carbocycles. The quantitative estimate of drug-likeness (QED) is 0.292. The zero-order valence-corrected chi connectivity index (χ0v) is 13.6. The van der Waals surface area contributed by atoms with Gasteiger partial charge in [-0.15, -0.1) is 0 Å². The summed E-state index contributed by atoms with van der Waals surface area (Å²) in [4.78, 5) is 29.3. The van der Waals surface area contributed by atoms with Crippen molar-refractivity contribution in [2.45, 2.75) is 0 Å². The van der Waals surface area contributed by atoms with Crippen LogP contribution in [0.4, 0.5) is 0 Å². The van der Waals surface area contributed by atoms with Crippen molar-refractivity contribution in [1.82, 2.24) is 0 Å². The van der Waals surface area contributed by atoms with Crippen molar-refractivity contribution in [3.8, 4) is 0 Å². The Balaban J connectivity index is -0.000000108. The van der Waals surface area contributed by atoms with Gasteiger partial charge >= 0.3 is 102 Å². The van der Waals surface area contributed by atoms with Crippen LogP contribution >= 0.6 is 20.4 Å². The second-order valence-electron chi connectivity index (χ2n) is 1.32. The molecule has 0 saturated carbocycles. The predicted octanol–water partition coefficient (Wildman–Crippen LogP) is -5.92. The van der Waals surface area contributed by atoms with Crippen molar-refractivity contribution in [2.24, 2.45) is 0 Å². The van der Waals surface area contributed by atoms with E-state index in [1.807, 2.05) is 0 Å². The van der Waals surface area contributed by atoms with Crippen LogP contribution < -0.4 is 63.8 Å². The molecule has 0 spiro atoms. The molecular weight excluding hydrogens is 348 g/mol. The van der Waals surface area contributed by atoms with Crippen LogP contribution in [0.1, 0.15) is 0 Å². The van der Waals surface area contributed by atoms with E-state index in [0.29, 0.717) is 12.7 Å². The van der Waals surface area contributed by atoms with E-state index in [9.17, 15) is 14.4 Å². The van der Waals surface area contributed by atoms with Crippen LogP contribution in [-0.4, -0.2) is 34.7 Å². The van der Waals surface area contributed by atoms with Gasteiger partial charge in [0.1, 0.15) is 0 Å². The molecular formula is C4H4Cl3KNiO6. The normalized spacial score (nSPS) is 7.07. The van der Waals surface area contributed by atoms with Gasteiger partial charge in [0, 0.05) is 0 Å². The summed E-state index contributed by atoms with van der Waals surface area (Å²) < 4.78 is 3.73. The first-order valence-corrected chi connectivity index (χ1v) is 5.11. The largest absolute Gasteiger partial charge is 1.00 e. The minimum Gasteiger partial charge on any atom is 1.00 e. The van der Waals surface area contributed by atoms with E-state index in [4.69, 9.17) is 30.6 Å². The van der Waals surface area contributed by atoms with E-state index >= 15 is 0 Å². The molecule has 15 heavy (non-hydrogen) atoms. The van der Waals surface area contributed by atoms with Crippen LogP contribution in [0.3, 0.4) is 0 Å². The van der Waals surface area contributed by atoms with Gasteiger partial charge in [0.15, 0.2) is 6.61 Å². The standard InChI is InChI=1S/C4H4O6.3ClH.K.Ni/c5-2(6)1-10-4(9)3(7)8;;;;;/h1H2,(H,5,6)(H,7,8);3*1H;;/q;;;;+1;+2/p-3. The van der Waals surface area contributed by atoms with Crippen molar-refractivity contribution in [3.63, 3.8) is 0 Å². The smallest absolute Gasteiger partial charge is 1.00 e. The average Bonchev–Trinajstić information content (AvgIpc) is 2.01. The van der Waals surface area contributed by atoms with Gasteiger partial charge in [0.2, 0.25) is 0 Å². The molecule has 0 aromatic heterocycles. The summed E-state index contributed by atoms with van der Waals surface area (Å²) in [7, 11) is 9.40. The predicted molar refractivity (Wildman–Crippen MR) is 37.9 cm³/mol. The molecule has 88 valence electrons. The van der Waals surface area contributed by atoms with E-state index in [2.05, 4.69) is 4.74 Å². The van der Waals surface area contributed by atoms with Gasteiger partial charge in [-0.1, -0.05) is 0 Å². The van der Waals surface area contributed by atoms with Crippen molar-refractivity contribution in [1.29, 1.82) is 0 Å². The maximum atomic E-state index is 9.96. The summed E-state index contributed by atoms with van der Waals surface area (Å²) in [5.74, 6) is -4.77. The molecule has 0 aromatic rings. The minimum atomic E-state index is -1.80. The number of halogens is 3. The number of aliphatic carboxylic acids is 2. The second kappa shape index (κ2) is 17.8. The Bertz CT molecular complexity index is 203. The van der Waals surface area contributed by atoms with E-state index in [0.717, 1.165) is 0 Å². The summed E-state index contributed by atoms with van der Waals surface area (Å²) in [5.41, 5.74) is 0. The summed E-state index contributed by atoms with van der Waals surface area (Å²) in [5, 5.41) is 15.7. The zero-order chi connectivity index (χ0) is 10.9. The van der Waals surface area contributed by atoms with E-state index in [1.165, 1.54) is 0 Å². The van der Waals surface area contributed by atoms with Crippen LogP contribution in [0.15, 0.2) is 0 Å². The molecule has 0 bridgehead atoms. The van der Waals surface area contributed by atoms with E-state index < -0.39 is 24.5 Å². The fraction of sp³-hybridized carbons (Fsp3) is 0.250. The van der Waals surface area contributed by atoms with Crippen LogP contribution in [0, 0.1) is 0 Å². The van der Waals surface area contributed by atoms with Gasteiger partial charge < -0.3 is 27.4 Å². The zero-order valence-electron chi connectivity index (χ0n) is 7.18. The number of ether oxygens (including phenoxy) is 1. The van der Waals surface area contributed by atoms with Crippen molar-refractivity contribution in [3.05, 3.63) is 0 Å². The van der Waals surface area contributed by atoms with Gasteiger partial charge in [-0.3, -0.25) is 0 Å². The third-order valence-electron chi connectivity index (χ3n) is 0.501. The molecule has 0 aliphatic carbocycles. The summed E-state index contributed by atoms with van der Waals surface area (Å²) in [6.45, 7) is -0.925. The van der Waals surface area contributed by atoms with Crippen LogP contribution in [0.2, 0.25) is 0 Å². The molecule has 0 atom stereocenters. The average molecular weight is 352 g/mol. The Kier molecular flexibility index (Phi) is 30.0. The molecule has 0 aliphatic rings. The summed E-state index contributed by atoms with van der Waals surface area (Å²) >= 11 is 0.569. The maximum Gasteiger partial charge on any atom is 1.00 e. The van der Waals surface area contributed by atoms with Crippen molar-refractivity contribution < 1.29 is 106 Å². The topological polar surface area (TPSA) is 101 Å². The van der Waals surface area contributed by atoms with Crippen molar-refractivity contribution in [2.75, 3.05) is 6.61 Å². The van der Waals surface area contributed by atoms with Gasteiger partial charge in [-0.25, -0.2) is 14.4 Å². The first kappa shape index (κ1) is 25.3. The molecule has 0 radical (unpaired) electrons. The minimum absolute atomic E-state index is 0. The number of rotatable bonds is 2. The SMILES string of the molecule is O=C(O)COC(=O)C(=O)O.[Cl-].[Cl][Ni][Cl].[K+]. The number of carbonyl (C=O) groups is 3. The molecule has 0 unspecified atom stereocenters. The molecule has 0 heterocycles. The summed E-state index contributed by atoms with van der Waals surface area (Å²) in [6, 6.07) is 0. The third kappa shape index (κ3) is 25.6. The number of esters is 1. The van der Waals surface area contributed by atoms with E-state index in [-0.39, 0.29) is 63.8 Å². The Morgan fingerprint density at radius 3 is 1.73 bits per heavy atom. The third-order valence-corrected chi connectivity index (χ3v) is 0.501. The molecule has 0 amide bonds. The summed E-state index contributed by atoms with van der Waals surface area (Å²) in [6.07, 6.45) is 0. The molecule has 0 fully saturated rings. The van der Waals surface area contributed by atoms with Gasteiger partial charge in [0.05, 0.1) is 0 Å². The van der Waals surface area contributed by atoms with E-state index in [1.54, 1.807) is 0 Å². The Morgan fingerprint density at radius 1 is 1.20 bits per heavy atom. The second-order valence-corrected chi connectivity index (χ2v) is 2.95. The number of carboxylic acid groups (broad SMARTS) is 2. The maximum absolute atomic E-state index is 9.96. The van der Waals surface area contributed by atoms with Crippen molar-refractivity contribution >= 4 is 38.3 Å². The van der Waals surface area contributed by atoms with Crippen LogP contribution in [0.25, 0.3) is 0 Å². The van der Waals surface area contributed by atoms with Crippen LogP contribution in [0.5, 0.6) is 0 Å². The number of carboxylic acids is 2. The Labute approximate surface area is 148 Å². The molecule has 11 heteroatoms. The Morgan fingerprint density at radius 2 is 1.53 bits per heavy atom. The fourth-order valence-electron chi connectivity index (χ4n) is 0.189. The van der Waals surface area contributed by atoms with Gasteiger partial charge in [0.25, 0.3) is 0 Å². The van der Waals surface area contributed by atoms with Gasteiger partial charge in [-0.2, -0.15) is 0 Å². The van der Waals surface area contributed by atoms with Crippen LogP contribution in [-0.2, 0) is 31.8 Å². The molecule has 0 aliphatic heterocycles.